The van der Waals surface area contributed by atoms with Crippen molar-refractivity contribution in [2.75, 3.05) is 19.8 Å². The highest BCUT2D eigenvalue weighted by atomic mass is 19.1. The molecule has 12 heteroatoms. The molecule has 5 rings (SSSR count). The number of amides is 2. The Morgan fingerprint density at radius 2 is 2.12 bits per heavy atom. The first kappa shape index (κ1) is 27.8. The largest absolute Gasteiger partial charge is 0.487 e. The van der Waals surface area contributed by atoms with Crippen molar-refractivity contribution in [2.45, 2.75) is 70.2 Å². The minimum atomic E-state index is -0.905. The van der Waals surface area contributed by atoms with Crippen LogP contribution >= 0.6 is 0 Å². The van der Waals surface area contributed by atoms with Gasteiger partial charge in [0.1, 0.15) is 17.2 Å². The Labute approximate surface area is 229 Å². The summed E-state index contributed by atoms with van der Waals surface area (Å²) in [5, 5.41) is 16.3. The number of carbonyl (C=O) groups excluding carboxylic acids is 2. The Hall–Kier alpha value is -3.80. The van der Waals surface area contributed by atoms with Gasteiger partial charge in [-0.15, -0.1) is 0 Å². The third-order valence-electron chi connectivity index (χ3n) is 7.97. The number of pyridine rings is 1. The van der Waals surface area contributed by atoms with E-state index in [0.717, 1.165) is 12.5 Å². The van der Waals surface area contributed by atoms with Crippen LogP contribution in [0, 0.1) is 11.6 Å². The molecule has 0 radical (unpaired) electrons. The highest BCUT2D eigenvalue weighted by Crippen LogP contribution is 2.46. The first-order valence-electron chi connectivity index (χ1n) is 13.5. The molecule has 3 aliphatic rings. The quantitative estimate of drug-likeness (QED) is 0.481. The maximum absolute atomic E-state index is 14.2. The first-order valence-corrected chi connectivity index (χ1v) is 13.5. The van der Waals surface area contributed by atoms with Crippen molar-refractivity contribution in [3.8, 4) is 5.75 Å². The average molecular weight is 559 g/mol. The minimum absolute atomic E-state index is 0.0349. The predicted molar refractivity (Wildman–Crippen MR) is 140 cm³/mol. The van der Waals surface area contributed by atoms with Crippen molar-refractivity contribution < 1.29 is 33.1 Å². The second-order valence-electron chi connectivity index (χ2n) is 10.6. The smallest absolute Gasteiger partial charge is 0.274 e. The number of unbranched alkanes of at least 4 members (excludes halogenated alkanes) is 1. The third-order valence-corrected chi connectivity index (χ3v) is 7.97. The number of fused-ring (bicyclic) bond motifs is 5. The maximum Gasteiger partial charge on any atom is 0.274 e. The number of oxime groups is 1. The number of carbonyl (C=O) groups is 2. The normalized spacial score (nSPS) is 23.4. The average Bonchev–Trinajstić information content (AvgIpc) is 3.31. The number of aromatic nitrogens is 1. The standard InChI is InChI=1S/C28H32F2N4O6/c1-3-4-9-39-25-23-27(38)33-14-22(28(8-7-16(33)2)11-19(15-35)32-40-28)34(23)13-20(24(25)36)26(37)31-12-17-5-6-18(29)10-21(17)30/h5-6,10,13,16,22,35H,3-4,7-9,11-12,14-15H2,1-2H3,(H,31,37)/t16-,22+,28-/m0/s1. The van der Waals surface area contributed by atoms with Gasteiger partial charge < -0.3 is 29.5 Å². The van der Waals surface area contributed by atoms with Gasteiger partial charge in [-0.25, -0.2) is 8.78 Å². The molecule has 2 N–H and O–H groups in total. The molecule has 2 aromatic rings. The Morgan fingerprint density at radius 1 is 1.32 bits per heavy atom. The summed E-state index contributed by atoms with van der Waals surface area (Å²) in [6.07, 6.45) is 4.20. The zero-order valence-electron chi connectivity index (χ0n) is 22.4. The lowest BCUT2D eigenvalue weighted by Crippen LogP contribution is -2.52. The van der Waals surface area contributed by atoms with Gasteiger partial charge in [-0.3, -0.25) is 14.4 Å². The summed E-state index contributed by atoms with van der Waals surface area (Å²) in [5.41, 5.74) is -1.39. The van der Waals surface area contributed by atoms with Crippen LogP contribution in [0.4, 0.5) is 8.78 Å². The summed E-state index contributed by atoms with van der Waals surface area (Å²) in [5.74, 6) is -2.98. The lowest BCUT2D eigenvalue weighted by molar-refractivity contribution is -0.0656. The predicted octanol–water partition coefficient (Wildman–Crippen LogP) is 2.92. The number of aliphatic hydroxyl groups is 1. The maximum atomic E-state index is 14.2. The Bertz CT molecular complexity index is 1430. The van der Waals surface area contributed by atoms with Gasteiger partial charge in [0.05, 0.1) is 25.0 Å². The number of benzene rings is 1. The van der Waals surface area contributed by atoms with Crippen LogP contribution in [-0.4, -0.2) is 63.5 Å². The van der Waals surface area contributed by atoms with E-state index in [1.54, 1.807) is 9.47 Å². The van der Waals surface area contributed by atoms with Crippen LogP contribution in [0.15, 0.2) is 34.3 Å². The van der Waals surface area contributed by atoms with E-state index in [-0.39, 0.29) is 60.8 Å². The molecule has 1 aromatic carbocycles. The monoisotopic (exact) mass is 558 g/mol. The number of hydrogen-bond donors (Lipinski definition) is 2. The van der Waals surface area contributed by atoms with Crippen LogP contribution in [-0.2, 0) is 11.4 Å². The first-order chi connectivity index (χ1) is 19.2. The van der Waals surface area contributed by atoms with Crippen molar-refractivity contribution in [3.05, 3.63) is 63.1 Å². The number of nitrogens with zero attached hydrogens (tertiary/aromatic N) is 3. The zero-order valence-corrected chi connectivity index (χ0v) is 22.4. The fourth-order valence-corrected chi connectivity index (χ4v) is 5.64. The molecule has 1 fully saturated rings. The summed E-state index contributed by atoms with van der Waals surface area (Å²) >= 11 is 0. The molecule has 4 heterocycles. The van der Waals surface area contributed by atoms with Crippen molar-refractivity contribution >= 4 is 17.5 Å². The molecule has 2 bridgehead atoms. The van der Waals surface area contributed by atoms with Crippen molar-refractivity contribution in [1.29, 1.82) is 0 Å². The molecular formula is C28H32F2N4O6. The Morgan fingerprint density at radius 3 is 2.83 bits per heavy atom. The van der Waals surface area contributed by atoms with E-state index in [2.05, 4.69) is 10.5 Å². The molecule has 1 aromatic heterocycles. The van der Waals surface area contributed by atoms with Crippen molar-refractivity contribution in [2.24, 2.45) is 5.16 Å². The summed E-state index contributed by atoms with van der Waals surface area (Å²) in [6, 6.07) is 2.31. The number of hydrogen-bond acceptors (Lipinski definition) is 7. The van der Waals surface area contributed by atoms with E-state index in [1.165, 1.54) is 12.3 Å². The molecule has 3 atom stereocenters. The van der Waals surface area contributed by atoms with Crippen LogP contribution in [0.2, 0.25) is 0 Å². The van der Waals surface area contributed by atoms with Gasteiger partial charge >= 0.3 is 0 Å². The summed E-state index contributed by atoms with van der Waals surface area (Å²) < 4.78 is 35.0. The molecule has 1 spiro atoms. The molecule has 1 saturated heterocycles. The third kappa shape index (κ3) is 4.85. The zero-order chi connectivity index (χ0) is 28.6. The van der Waals surface area contributed by atoms with Crippen LogP contribution in [0.3, 0.4) is 0 Å². The number of nitrogens with one attached hydrogen (secondary N) is 1. The van der Waals surface area contributed by atoms with Gasteiger partial charge in [-0.1, -0.05) is 24.6 Å². The van der Waals surface area contributed by atoms with Crippen LogP contribution in [0.25, 0.3) is 0 Å². The molecule has 10 nitrogen and oxygen atoms in total. The Balaban J connectivity index is 1.59. The van der Waals surface area contributed by atoms with Crippen molar-refractivity contribution in [1.82, 2.24) is 14.8 Å². The van der Waals surface area contributed by atoms with E-state index in [1.807, 2.05) is 13.8 Å². The van der Waals surface area contributed by atoms with Gasteiger partial charge in [0.2, 0.25) is 5.43 Å². The number of ether oxygens (including phenoxy) is 1. The molecule has 40 heavy (non-hydrogen) atoms. The van der Waals surface area contributed by atoms with Crippen molar-refractivity contribution in [3.63, 3.8) is 0 Å². The molecule has 0 saturated carbocycles. The van der Waals surface area contributed by atoms with Gasteiger partial charge in [-0.2, -0.15) is 0 Å². The van der Waals surface area contributed by atoms with E-state index in [4.69, 9.17) is 9.57 Å². The fraction of sp³-hybridized carbons (Fsp3) is 0.500. The van der Waals surface area contributed by atoms with E-state index in [0.29, 0.717) is 37.5 Å². The minimum Gasteiger partial charge on any atom is -0.487 e. The fourth-order valence-electron chi connectivity index (χ4n) is 5.64. The number of aliphatic hydroxyl groups excluding tert-OH is 1. The van der Waals surface area contributed by atoms with Gasteiger partial charge in [0, 0.05) is 43.4 Å². The molecule has 2 amide bonds. The molecule has 214 valence electrons. The lowest BCUT2D eigenvalue weighted by atomic mass is 9.84. The van der Waals surface area contributed by atoms with Crippen LogP contribution in [0.1, 0.15) is 78.4 Å². The summed E-state index contributed by atoms with van der Waals surface area (Å²) in [4.78, 5) is 48.4. The van der Waals surface area contributed by atoms with E-state index >= 15 is 0 Å². The van der Waals surface area contributed by atoms with E-state index in [9.17, 15) is 28.3 Å². The second-order valence-corrected chi connectivity index (χ2v) is 10.6. The molecular weight excluding hydrogens is 526 g/mol. The molecule has 0 aliphatic carbocycles. The highest BCUT2D eigenvalue weighted by Gasteiger charge is 2.54. The van der Waals surface area contributed by atoms with Crippen LogP contribution < -0.4 is 15.5 Å². The lowest BCUT2D eigenvalue weighted by Gasteiger charge is -2.42. The Kier molecular flexibility index (Phi) is 7.63. The topological polar surface area (TPSA) is 122 Å². The van der Waals surface area contributed by atoms with Gasteiger partial charge in [0.25, 0.3) is 11.8 Å². The summed E-state index contributed by atoms with van der Waals surface area (Å²) in [6.45, 7) is 3.74. The number of halogens is 2. The SMILES string of the molecule is CCCCOc1c2n(cc(C(=O)NCc3ccc(F)cc3F)c1=O)[C@@H]1CN(C2=O)[C@@H](C)CC[C@]12CC(CO)=NO2. The number of rotatable bonds is 8. The summed E-state index contributed by atoms with van der Waals surface area (Å²) in [7, 11) is 0. The molecule has 3 aliphatic heterocycles. The van der Waals surface area contributed by atoms with Gasteiger partial charge in [0.15, 0.2) is 17.0 Å². The van der Waals surface area contributed by atoms with Gasteiger partial charge in [-0.05, 0) is 32.3 Å². The highest BCUT2D eigenvalue weighted by molar-refractivity contribution is 5.99. The van der Waals surface area contributed by atoms with Crippen LogP contribution in [0.5, 0.6) is 5.75 Å². The molecule has 0 unspecified atom stereocenters. The second kappa shape index (κ2) is 11.0. The van der Waals surface area contributed by atoms with E-state index < -0.39 is 34.6 Å².